The molecule has 28 heavy (non-hydrogen) atoms. The fraction of sp³-hybridized carbons (Fsp3) is 0. The molecule has 0 saturated carbocycles. The summed E-state index contributed by atoms with van der Waals surface area (Å²) in [5.74, 6) is 0.619. The summed E-state index contributed by atoms with van der Waals surface area (Å²) in [5.41, 5.74) is 8.84. The molecule has 9 heteroatoms. The van der Waals surface area contributed by atoms with Gasteiger partial charge >= 0.3 is 0 Å². The Balaban J connectivity index is 1.74. The molecule has 0 amide bonds. The topological polar surface area (TPSA) is 137 Å². The van der Waals surface area contributed by atoms with Gasteiger partial charge in [0, 0.05) is 29.0 Å². The van der Waals surface area contributed by atoms with Gasteiger partial charge in [-0.3, -0.25) is 4.98 Å². The summed E-state index contributed by atoms with van der Waals surface area (Å²) in [5, 5.41) is 9.38. The first kappa shape index (κ1) is 17.8. The highest BCUT2D eigenvalue weighted by molar-refractivity contribution is 7.89. The average molecular weight is 392 g/mol. The van der Waals surface area contributed by atoms with Gasteiger partial charge in [-0.25, -0.2) is 18.5 Å². The second-order valence-electron chi connectivity index (χ2n) is 6.10. The van der Waals surface area contributed by atoms with Crippen LogP contribution in [0, 0.1) is 0 Å². The number of primary sulfonamides is 1. The van der Waals surface area contributed by atoms with Crippen LogP contribution in [-0.2, 0) is 10.0 Å². The van der Waals surface area contributed by atoms with Crippen LogP contribution in [0.15, 0.2) is 71.9 Å². The number of anilines is 3. The lowest BCUT2D eigenvalue weighted by Crippen LogP contribution is -2.11. The molecule has 2 heterocycles. The highest BCUT2D eigenvalue weighted by Gasteiger charge is 2.12. The predicted octanol–water partition coefficient (Wildman–Crippen LogP) is 2.67. The van der Waals surface area contributed by atoms with Gasteiger partial charge in [0.25, 0.3) is 0 Å². The molecule has 4 aromatic rings. The summed E-state index contributed by atoms with van der Waals surface area (Å²) in [6, 6.07) is 15.7. The number of nitrogen functional groups attached to an aromatic ring is 1. The van der Waals surface area contributed by atoms with Crippen LogP contribution >= 0.6 is 0 Å². The molecule has 0 atom stereocenters. The minimum Gasteiger partial charge on any atom is -0.368 e. The van der Waals surface area contributed by atoms with E-state index in [2.05, 4.69) is 20.3 Å². The summed E-state index contributed by atoms with van der Waals surface area (Å²) in [6.45, 7) is 0. The third-order valence-electron chi connectivity index (χ3n) is 4.17. The smallest absolute Gasteiger partial charge is 0.238 e. The van der Waals surface area contributed by atoms with Crippen LogP contribution in [0.2, 0.25) is 0 Å². The molecule has 0 aliphatic carbocycles. The summed E-state index contributed by atoms with van der Waals surface area (Å²) >= 11 is 0. The highest BCUT2D eigenvalue weighted by atomic mass is 32.2. The molecular formula is C19H16N6O2S. The van der Waals surface area contributed by atoms with Crippen molar-refractivity contribution < 1.29 is 8.42 Å². The van der Waals surface area contributed by atoms with Crippen LogP contribution in [0.5, 0.6) is 0 Å². The van der Waals surface area contributed by atoms with Gasteiger partial charge in [0.1, 0.15) is 5.82 Å². The van der Waals surface area contributed by atoms with Gasteiger partial charge in [-0.15, -0.1) is 0 Å². The molecule has 0 bridgehead atoms. The van der Waals surface area contributed by atoms with Crippen LogP contribution in [0.25, 0.3) is 22.0 Å². The van der Waals surface area contributed by atoms with Crippen molar-refractivity contribution in [3.8, 4) is 11.1 Å². The highest BCUT2D eigenvalue weighted by Crippen LogP contribution is 2.30. The van der Waals surface area contributed by atoms with Crippen LogP contribution in [0.1, 0.15) is 0 Å². The van der Waals surface area contributed by atoms with Crippen LogP contribution in [-0.4, -0.2) is 23.4 Å². The first-order chi connectivity index (χ1) is 13.4. The van der Waals surface area contributed by atoms with Crippen molar-refractivity contribution in [2.45, 2.75) is 4.90 Å². The van der Waals surface area contributed by atoms with Gasteiger partial charge in [0.2, 0.25) is 16.0 Å². The zero-order valence-electron chi connectivity index (χ0n) is 14.6. The number of nitrogens with zero attached hydrogens (tertiary/aromatic N) is 3. The SMILES string of the molecule is Nc1ncc(-c2ccc(S(N)(=O)=O)cc2)c(Nc2ccc3ncccc3c2)n1. The molecule has 5 N–H and O–H groups in total. The van der Waals surface area contributed by atoms with Gasteiger partial charge in [0.05, 0.1) is 10.4 Å². The lowest BCUT2D eigenvalue weighted by molar-refractivity contribution is 0.598. The lowest BCUT2D eigenvalue weighted by atomic mass is 10.1. The Bertz CT molecular complexity index is 1270. The number of aromatic nitrogens is 3. The quantitative estimate of drug-likeness (QED) is 0.485. The van der Waals surface area contributed by atoms with E-state index in [1.807, 2.05) is 30.3 Å². The van der Waals surface area contributed by atoms with E-state index in [1.54, 1.807) is 24.5 Å². The molecule has 0 radical (unpaired) electrons. The molecule has 0 unspecified atom stereocenters. The van der Waals surface area contributed by atoms with Gasteiger partial charge < -0.3 is 11.1 Å². The van der Waals surface area contributed by atoms with E-state index in [1.165, 1.54) is 12.1 Å². The van der Waals surface area contributed by atoms with E-state index in [0.717, 1.165) is 22.2 Å². The fourth-order valence-electron chi connectivity index (χ4n) is 2.82. The lowest BCUT2D eigenvalue weighted by Gasteiger charge is -2.12. The van der Waals surface area contributed by atoms with Crippen molar-refractivity contribution in [1.29, 1.82) is 0 Å². The Morgan fingerprint density at radius 3 is 2.50 bits per heavy atom. The summed E-state index contributed by atoms with van der Waals surface area (Å²) in [4.78, 5) is 12.7. The Morgan fingerprint density at radius 1 is 0.964 bits per heavy atom. The van der Waals surface area contributed by atoms with E-state index in [-0.39, 0.29) is 10.8 Å². The van der Waals surface area contributed by atoms with E-state index in [4.69, 9.17) is 10.9 Å². The number of fused-ring (bicyclic) bond motifs is 1. The minimum atomic E-state index is -3.76. The number of pyridine rings is 1. The van der Waals surface area contributed by atoms with Gasteiger partial charge in [-0.1, -0.05) is 18.2 Å². The zero-order chi connectivity index (χ0) is 19.7. The van der Waals surface area contributed by atoms with E-state index >= 15 is 0 Å². The predicted molar refractivity (Wildman–Crippen MR) is 108 cm³/mol. The Kier molecular flexibility index (Phi) is 4.38. The van der Waals surface area contributed by atoms with Gasteiger partial charge in [0.15, 0.2) is 0 Å². The average Bonchev–Trinajstić information content (AvgIpc) is 2.67. The maximum absolute atomic E-state index is 11.5. The molecule has 0 aliphatic rings. The summed E-state index contributed by atoms with van der Waals surface area (Å²) in [6.07, 6.45) is 3.32. The number of hydrogen-bond donors (Lipinski definition) is 3. The minimum absolute atomic E-state index is 0.0316. The van der Waals surface area contributed by atoms with Crippen molar-refractivity contribution in [3.05, 3.63) is 67.0 Å². The molecule has 0 spiro atoms. The van der Waals surface area contributed by atoms with Crippen molar-refractivity contribution >= 4 is 38.4 Å². The first-order valence-corrected chi connectivity index (χ1v) is 9.82. The van der Waals surface area contributed by atoms with E-state index in [0.29, 0.717) is 11.4 Å². The van der Waals surface area contributed by atoms with Crippen molar-refractivity contribution in [1.82, 2.24) is 15.0 Å². The van der Waals surface area contributed by atoms with Crippen LogP contribution in [0.3, 0.4) is 0 Å². The van der Waals surface area contributed by atoms with Crippen LogP contribution < -0.4 is 16.2 Å². The largest absolute Gasteiger partial charge is 0.368 e. The van der Waals surface area contributed by atoms with Crippen molar-refractivity contribution in [3.63, 3.8) is 0 Å². The third kappa shape index (κ3) is 3.61. The molecule has 0 fully saturated rings. The second-order valence-corrected chi connectivity index (χ2v) is 7.66. The molecular weight excluding hydrogens is 376 g/mol. The molecule has 2 aromatic carbocycles. The zero-order valence-corrected chi connectivity index (χ0v) is 15.4. The standard InChI is InChI=1S/C19H16N6O2S/c20-19-23-11-16(12-3-6-15(7-4-12)28(21,26)27)18(25-19)24-14-5-8-17-13(10-14)2-1-9-22-17/h1-11H,(H2,21,26,27)(H3,20,23,24,25). The molecule has 2 aromatic heterocycles. The van der Waals surface area contributed by atoms with Crippen LogP contribution in [0.4, 0.5) is 17.5 Å². The number of benzene rings is 2. The van der Waals surface area contributed by atoms with Gasteiger partial charge in [-0.05, 0) is 42.0 Å². The summed E-state index contributed by atoms with van der Waals surface area (Å²) in [7, 11) is -3.76. The second kappa shape index (κ2) is 6.87. The maximum atomic E-state index is 11.5. The number of nitrogens with two attached hydrogens (primary N) is 2. The monoisotopic (exact) mass is 392 g/mol. The molecule has 4 rings (SSSR count). The maximum Gasteiger partial charge on any atom is 0.238 e. The normalized spacial score (nSPS) is 11.5. The number of sulfonamides is 1. The van der Waals surface area contributed by atoms with Crippen molar-refractivity contribution in [2.24, 2.45) is 5.14 Å². The Morgan fingerprint density at radius 2 is 1.75 bits per heavy atom. The third-order valence-corrected chi connectivity index (χ3v) is 5.10. The first-order valence-electron chi connectivity index (χ1n) is 8.28. The number of rotatable bonds is 4. The molecule has 8 nitrogen and oxygen atoms in total. The van der Waals surface area contributed by atoms with E-state index < -0.39 is 10.0 Å². The molecule has 0 saturated heterocycles. The fourth-order valence-corrected chi connectivity index (χ4v) is 3.33. The molecule has 140 valence electrons. The molecule has 0 aliphatic heterocycles. The van der Waals surface area contributed by atoms with Crippen molar-refractivity contribution in [2.75, 3.05) is 11.1 Å². The Labute approximate surface area is 161 Å². The number of nitrogens with one attached hydrogen (secondary N) is 1. The summed E-state index contributed by atoms with van der Waals surface area (Å²) < 4.78 is 22.9. The number of hydrogen-bond acceptors (Lipinski definition) is 7. The Hall–Kier alpha value is -3.56. The van der Waals surface area contributed by atoms with Gasteiger partial charge in [-0.2, -0.15) is 4.98 Å². The van der Waals surface area contributed by atoms with E-state index in [9.17, 15) is 8.42 Å².